The largest absolute Gasteiger partial charge is 0.299 e. The van der Waals surface area contributed by atoms with Gasteiger partial charge in [0.05, 0.1) is 6.07 Å². The lowest BCUT2D eigenvalue weighted by Crippen LogP contribution is -2.38. The van der Waals surface area contributed by atoms with Gasteiger partial charge in [-0.2, -0.15) is 5.26 Å². The lowest BCUT2D eigenvalue weighted by atomic mass is 9.91. The summed E-state index contributed by atoms with van der Waals surface area (Å²) in [5.74, 6) is 0. The van der Waals surface area contributed by atoms with Crippen molar-refractivity contribution in [1.29, 1.82) is 5.26 Å². The van der Waals surface area contributed by atoms with Crippen molar-refractivity contribution < 1.29 is 0 Å². The van der Waals surface area contributed by atoms with Gasteiger partial charge in [0.2, 0.25) is 0 Å². The fraction of sp³-hybridized carbons (Fsp3) is 0.462. The number of aryl methyl sites for hydroxylation is 1. The molecular formula is C13H15ClN2. The molecule has 1 heterocycles. The summed E-state index contributed by atoms with van der Waals surface area (Å²) in [6, 6.07) is 10.3. The van der Waals surface area contributed by atoms with E-state index in [4.69, 9.17) is 11.6 Å². The average Bonchev–Trinajstić information content (AvgIpc) is 2.76. The molecule has 1 aliphatic heterocycles. The van der Waals surface area contributed by atoms with Gasteiger partial charge >= 0.3 is 0 Å². The van der Waals surface area contributed by atoms with Gasteiger partial charge < -0.3 is 0 Å². The first-order valence-corrected chi connectivity index (χ1v) is 6.03. The molecule has 84 valence electrons. The Balaban J connectivity index is 1.99. The van der Waals surface area contributed by atoms with Crippen molar-refractivity contribution in [2.75, 3.05) is 6.54 Å². The molecule has 1 aliphatic rings. The average molecular weight is 235 g/mol. The number of hydrogen-bond acceptors (Lipinski definition) is 2. The molecule has 1 saturated heterocycles. The van der Waals surface area contributed by atoms with Gasteiger partial charge in [-0.3, -0.25) is 5.32 Å². The summed E-state index contributed by atoms with van der Waals surface area (Å²) in [6.45, 7) is 0.961. The van der Waals surface area contributed by atoms with Gasteiger partial charge in [0, 0.05) is 5.02 Å². The third-order valence-corrected chi connectivity index (χ3v) is 3.42. The standard InChI is InChI=1S/C13H15ClN2/c14-12-4-1-3-11(9-12)5-7-13(10-15)6-2-8-16-13/h1,3-4,9,16H,2,5-8H2. The molecule has 1 fully saturated rings. The van der Waals surface area contributed by atoms with Crippen molar-refractivity contribution in [3.05, 3.63) is 34.9 Å². The van der Waals surface area contributed by atoms with Crippen LogP contribution in [-0.2, 0) is 6.42 Å². The van der Waals surface area contributed by atoms with E-state index in [9.17, 15) is 5.26 Å². The molecule has 1 N–H and O–H groups in total. The van der Waals surface area contributed by atoms with Gasteiger partial charge in [-0.15, -0.1) is 0 Å². The second kappa shape index (κ2) is 4.86. The molecule has 1 atom stereocenters. The normalized spacial score (nSPS) is 24.2. The summed E-state index contributed by atoms with van der Waals surface area (Å²) in [6.07, 6.45) is 3.83. The van der Waals surface area contributed by atoms with Crippen molar-refractivity contribution in [1.82, 2.24) is 5.32 Å². The first kappa shape index (κ1) is 11.4. The predicted octanol–water partition coefficient (Wildman–Crippen LogP) is 2.92. The zero-order chi connectivity index (χ0) is 11.4. The lowest BCUT2D eigenvalue weighted by molar-refractivity contribution is 0.447. The van der Waals surface area contributed by atoms with Gasteiger partial charge in [-0.1, -0.05) is 23.7 Å². The molecule has 0 aromatic heterocycles. The molecular weight excluding hydrogens is 220 g/mol. The minimum absolute atomic E-state index is 0.303. The minimum atomic E-state index is -0.303. The molecule has 3 heteroatoms. The molecule has 0 bridgehead atoms. The molecule has 2 rings (SSSR count). The van der Waals surface area contributed by atoms with Crippen LogP contribution in [0.1, 0.15) is 24.8 Å². The van der Waals surface area contributed by atoms with Crippen molar-refractivity contribution in [2.24, 2.45) is 0 Å². The Morgan fingerprint density at radius 1 is 1.50 bits per heavy atom. The van der Waals surface area contributed by atoms with Gasteiger partial charge in [0.1, 0.15) is 5.54 Å². The number of halogens is 1. The highest BCUT2D eigenvalue weighted by Crippen LogP contribution is 2.24. The predicted molar refractivity (Wildman–Crippen MR) is 65.4 cm³/mol. The van der Waals surface area contributed by atoms with Crippen LogP contribution in [0.5, 0.6) is 0 Å². The lowest BCUT2D eigenvalue weighted by Gasteiger charge is -2.20. The third kappa shape index (κ3) is 2.55. The molecule has 16 heavy (non-hydrogen) atoms. The zero-order valence-corrected chi connectivity index (χ0v) is 9.93. The van der Waals surface area contributed by atoms with Gasteiger partial charge in [0.15, 0.2) is 0 Å². The number of hydrogen-bond donors (Lipinski definition) is 1. The highest BCUT2D eigenvalue weighted by molar-refractivity contribution is 6.30. The van der Waals surface area contributed by atoms with Crippen LogP contribution in [0.25, 0.3) is 0 Å². The number of nitrogens with one attached hydrogen (secondary N) is 1. The van der Waals surface area contributed by atoms with E-state index < -0.39 is 0 Å². The molecule has 1 aromatic carbocycles. The van der Waals surface area contributed by atoms with Gasteiger partial charge in [-0.05, 0) is 49.9 Å². The second-order valence-corrected chi connectivity index (χ2v) is 4.79. The summed E-state index contributed by atoms with van der Waals surface area (Å²) in [5, 5.41) is 13.3. The van der Waals surface area contributed by atoms with Crippen molar-refractivity contribution in [3.63, 3.8) is 0 Å². The van der Waals surface area contributed by atoms with Crippen molar-refractivity contribution in [3.8, 4) is 6.07 Å². The maximum Gasteiger partial charge on any atom is 0.107 e. The van der Waals surface area contributed by atoms with Crippen molar-refractivity contribution in [2.45, 2.75) is 31.2 Å². The third-order valence-electron chi connectivity index (χ3n) is 3.19. The fourth-order valence-electron chi connectivity index (χ4n) is 2.22. The minimum Gasteiger partial charge on any atom is -0.299 e. The molecule has 0 radical (unpaired) electrons. The Morgan fingerprint density at radius 3 is 3.00 bits per heavy atom. The SMILES string of the molecule is N#CC1(CCc2cccc(Cl)c2)CCCN1. The summed E-state index contributed by atoms with van der Waals surface area (Å²) >= 11 is 5.93. The maximum atomic E-state index is 9.21. The number of rotatable bonds is 3. The maximum absolute atomic E-state index is 9.21. The summed E-state index contributed by atoms with van der Waals surface area (Å²) in [5.41, 5.74) is 0.901. The molecule has 1 unspecified atom stereocenters. The van der Waals surface area contributed by atoms with Crippen LogP contribution in [0.3, 0.4) is 0 Å². The van der Waals surface area contributed by atoms with Crippen LogP contribution < -0.4 is 5.32 Å². The first-order chi connectivity index (χ1) is 7.74. The fourth-order valence-corrected chi connectivity index (χ4v) is 2.43. The highest BCUT2D eigenvalue weighted by atomic mass is 35.5. The zero-order valence-electron chi connectivity index (χ0n) is 9.17. The smallest absolute Gasteiger partial charge is 0.107 e. The van der Waals surface area contributed by atoms with Gasteiger partial charge in [0.25, 0.3) is 0 Å². The van der Waals surface area contributed by atoms with Gasteiger partial charge in [-0.25, -0.2) is 0 Å². The topological polar surface area (TPSA) is 35.8 Å². The highest BCUT2D eigenvalue weighted by Gasteiger charge is 2.32. The number of nitrogens with zero attached hydrogens (tertiary/aromatic N) is 1. The van der Waals surface area contributed by atoms with Crippen LogP contribution in [0, 0.1) is 11.3 Å². The van der Waals surface area contributed by atoms with Crippen LogP contribution in [-0.4, -0.2) is 12.1 Å². The van der Waals surface area contributed by atoms with E-state index in [0.717, 1.165) is 37.3 Å². The molecule has 0 aliphatic carbocycles. The van der Waals surface area contributed by atoms with Crippen LogP contribution in [0.4, 0.5) is 0 Å². The van der Waals surface area contributed by atoms with E-state index in [0.29, 0.717) is 0 Å². The first-order valence-electron chi connectivity index (χ1n) is 5.65. The molecule has 0 saturated carbocycles. The summed E-state index contributed by atoms with van der Waals surface area (Å²) in [4.78, 5) is 0. The summed E-state index contributed by atoms with van der Waals surface area (Å²) < 4.78 is 0. The summed E-state index contributed by atoms with van der Waals surface area (Å²) in [7, 11) is 0. The van der Waals surface area contributed by atoms with E-state index in [1.165, 1.54) is 5.56 Å². The van der Waals surface area contributed by atoms with E-state index in [-0.39, 0.29) is 5.54 Å². The Labute approximate surface area is 101 Å². The van der Waals surface area contributed by atoms with Crippen molar-refractivity contribution >= 4 is 11.6 Å². The Morgan fingerprint density at radius 2 is 2.38 bits per heavy atom. The monoisotopic (exact) mass is 234 g/mol. The molecule has 0 amide bonds. The Hall–Kier alpha value is -1.04. The Bertz CT molecular complexity index is 403. The van der Waals surface area contributed by atoms with E-state index in [2.05, 4.69) is 17.5 Å². The van der Waals surface area contributed by atoms with E-state index >= 15 is 0 Å². The molecule has 0 spiro atoms. The molecule has 1 aromatic rings. The van der Waals surface area contributed by atoms with E-state index in [1.807, 2.05) is 18.2 Å². The quantitative estimate of drug-likeness (QED) is 0.873. The molecule has 2 nitrogen and oxygen atoms in total. The van der Waals surface area contributed by atoms with Crippen LogP contribution >= 0.6 is 11.6 Å². The van der Waals surface area contributed by atoms with E-state index in [1.54, 1.807) is 0 Å². The van der Waals surface area contributed by atoms with Crippen LogP contribution in [0.15, 0.2) is 24.3 Å². The number of benzene rings is 1. The van der Waals surface area contributed by atoms with Crippen LogP contribution in [0.2, 0.25) is 5.02 Å². The number of nitriles is 1. The Kier molecular flexibility index (Phi) is 3.48. The second-order valence-electron chi connectivity index (χ2n) is 4.35.